The normalized spacial score (nSPS) is 21.1. The largest absolute Gasteiger partial charge is 0.486 e. The summed E-state index contributed by atoms with van der Waals surface area (Å²) in [6.45, 7) is 1.92. The van der Waals surface area contributed by atoms with E-state index in [1.165, 1.54) is 0 Å². The summed E-state index contributed by atoms with van der Waals surface area (Å²) >= 11 is 0. The maximum absolute atomic E-state index is 5.73. The van der Waals surface area contributed by atoms with E-state index in [2.05, 4.69) is 4.98 Å². The quantitative estimate of drug-likeness (QED) is 0.769. The molecule has 0 amide bonds. The van der Waals surface area contributed by atoms with E-state index >= 15 is 0 Å². The minimum atomic E-state index is 0.157. The van der Waals surface area contributed by atoms with Gasteiger partial charge in [0.2, 0.25) is 0 Å². The summed E-state index contributed by atoms with van der Waals surface area (Å²) in [4.78, 5) is 4.01. The predicted molar refractivity (Wildman–Crippen MR) is 52.0 cm³/mol. The van der Waals surface area contributed by atoms with Gasteiger partial charge in [0, 0.05) is 24.7 Å². The number of hydrogen-bond acceptors (Lipinski definition) is 4. The molecule has 2 N–H and O–H groups in total. The molecule has 14 heavy (non-hydrogen) atoms. The van der Waals surface area contributed by atoms with Gasteiger partial charge in [-0.2, -0.15) is 0 Å². The van der Waals surface area contributed by atoms with Gasteiger partial charge < -0.3 is 15.2 Å². The fourth-order valence-corrected chi connectivity index (χ4v) is 1.47. The topological polar surface area (TPSA) is 57.4 Å². The number of hydrogen-bond donors (Lipinski definition) is 1. The summed E-state index contributed by atoms with van der Waals surface area (Å²) in [5.74, 6) is 0.783. The van der Waals surface area contributed by atoms with Gasteiger partial charge in [0.05, 0.1) is 19.4 Å². The molecule has 1 saturated heterocycles. The van der Waals surface area contributed by atoms with Crippen molar-refractivity contribution in [1.29, 1.82) is 0 Å². The summed E-state index contributed by atoms with van der Waals surface area (Å²) < 4.78 is 11.0. The van der Waals surface area contributed by atoms with Crippen molar-refractivity contribution in [1.82, 2.24) is 4.98 Å². The first-order valence-electron chi connectivity index (χ1n) is 4.77. The number of rotatable bonds is 3. The Bertz CT molecular complexity index is 298. The van der Waals surface area contributed by atoms with E-state index in [9.17, 15) is 0 Å². The molecule has 76 valence electrons. The summed E-state index contributed by atoms with van der Waals surface area (Å²) in [5, 5.41) is 0. The Hall–Kier alpha value is -1.13. The maximum atomic E-state index is 5.73. The Balaban J connectivity index is 2.07. The Kier molecular flexibility index (Phi) is 2.96. The van der Waals surface area contributed by atoms with Gasteiger partial charge in [-0.1, -0.05) is 0 Å². The van der Waals surface area contributed by atoms with Crippen LogP contribution in [0.25, 0.3) is 0 Å². The molecule has 0 unspecified atom stereocenters. The van der Waals surface area contributed by atoms with Crippen molar-refractivity contribution in [3.05, 3.63) is 24.0 Å². The molecular formula is C10H14N2O2. The third-order valence-corrected chi connectivity index (χ3v) is 2.27. The molecule has 0 radical (unpaired) electrons. The van der Waals surface area contributed by atoms with E-state index in [4.69, 9.17) is 15.2 Å². The molecule has 4 nitrogen and oxygen atoms in total. The first-order chi connectivity index (χ1) is 6.90. The Labute approximate surface area is 83.0 Å². The van der Waals surface area contributed by atoms with Crippen LogP contribution in [0.5, 0.6) is 5.75 Å². The molecule has 0 spiro atoms. The smallest absolute Gasteiger partial charge is 0.142 e. The molecule has 0 aromatic carbocycles. The zero-order chi connectivity index (χ0) is 9.80. The molecule has 1 aliphatic rings. The van der Waals surface area contributed by atoms with Crippen LogP contribution >= 0.6 is 0 Å². The Morgan fingerprint density at radius 1 is 1.64 bits per heavy atom. The lowest BCUT2D eigenvalue weighted by Gasteiger charge is -2.13. The van der Waals surface area contributed by atoms with E-state index in [0.717, 1.165) is 24.3 Å². The van der Waals surface area contributed by atoms with Crippen LogP contribution in [-0.4, -0.2) is 24.3 Å². The fraction of sp³-hybridized carbons (Fsp3) is 0.500. The lowest BCUT2D eigenvalue weighted by molar-refractivity contribution is 0.140. The number of nitrogens with two attached hydrogens (primary N) is 1. The lowest BCUT2D eigenvalue weighted by atomic mass is 10.2. The van der Waals surface area contributed by atoms with Gasteiger partial charge in [-0.25, -0.2) is 0 Å². The monoisotopic (exact) mass is 194 g/mol. The van der Waals surface area contributed by atoms with Gasteiger partial charge in [0.25, 0.3) is 0 Å². The van der Waals surface area contributed by atoms with Gasteiger partial charge in [-0.15, -0.1) is 0 Å². The van der Waals surface area contributed by atoms with Crippen LogP contribution in [0.4, 0.5) is 0 Å². The summed E-state index contributed by atoms with van der Waals surface area (Å²) in [6.07, 6.45) is 4.53. The molecule has 1 aromatic heterocycles. The SMILES string of the molecule is NCc1ccncc1O[C@H]1CCOC1. The molecule has 0 aliphatic carbocycles. The molecule has 4 heteroatoms. The highest BCUT2D eigenvalue weighted by Crippen LogP contribution is 2.19. The number of aromatic nitrogens is 1. The van der Waals surface area contributed by atoms with Gasteiger partial charge >= 0.3 is 0 Å². The van der Waals surface area contributed by atoms with Crippen molar-refractivity contribution >= 4 is 0 Å². The summed E-state index contributed by atoms with van der Waals surface area (Å²) in [6, 6.07) is 1.88. The second-order valence-electron chi connectivity index (χ2n) is 3.29. The van der Waals surface area contributed by atoms with E-state index < -0.39 is 0 Å². The van der Waals surface area contributed by atoms with E-state index in [1.807, 2.05) is 6.07 Å². The minimum Gasteiger partial charge on any atom is -0.486 e. The van der Waals surface area contributed by atoms with Crippen molar-refractivity contribution < 1.29 is 9.47 Å². The number of ether oxygens (including phenoxy) is 2. The highest BCUT2D eigenvalue weighted by Gasteiger charge is 2.18. The van der Waals surface area contributed by atoms with Crippen molar-refractivity contribution in [2.45, 2.75) is 19.1 Å². The molecule has 0 bridgehead atoms. The second-order valence-corrected chi connectivity index (χ2v) is 3.29. The zero-order valence-corrected chi connectivity index (χ0v) is 7.98. The maximum Gasteiger partial charge on any atom is 0.142 e. The minimum absolute atomic E-state index is 0.157. The zero-order valence-electron chi connectivity index (χ0n) is 7.98. The van der Waals surface area contributed by atoms with Crippen LogP contribution in [0, 0.1) is 0 Å². The van der Waals surface area contributed by atoms with Gasteiger partial charge in [0.15, 0.2) is 0 Å². The molecule has 0 saturated carbocycles. The second kappa shape index (κ2) is 4.39. The van der Waals surface area contributed by atoms with Crippen molar-refractivity contribution in [3.63, 3.8) is 0 Å². The fourth-order valence-electron chi connectivity index (χ4n) is 1.47. The Morgan fingerprint density at radius 2 is 2.57 bits per heavy atom. The molecular weight excluding hydrogens is 180 g/mol. The average molecular weight is 194 g/mol. The summed E-state index contributed by atoms with van der Waals surface area (Å²) in [7, 11) is 0. The third-order valence-electron chi connectivity index (χ3n) is 2.27. The van der Waals surface area contributed by atoms with Gasteiger partial charge in [-0.3, -0.25) is 4.98 Å². The molecule has 2 rings (SSSR count). The highest BCUT2D eigenvalue weighted by atomic mass is 16.5. The van der Waals surface area contributed by atoms with Crippen LogP contribution in [0.1, 0.15) is 12.0 Å². The average Bonchev–Trinajstić information content (AvgIpc) is 2.71. The van der Waals surface area contributed by atoms with Crippen LogP contribution < -0.4 is 10.5 Å². The Morgan fingerprint density at radius 3 is 3.29 bits per heavy atom. The molecule has 1 atom stereocenters. The van der Waals surface area contributed by atoms with Crippen molar-refractivity contribution in [3.8, 4) is 5.75 Å². The number of nitrogens with zero attached hydrogens (tertiary/aromatic N) is 1. The third kappa shape index (κ3) is 2.02. The van der Waals surface area contributed by atoms with Crippen molar-refractivity contribution in [2.24, 2.45) is 5.73 Å². The summed E-state index contributed by atoms with van der Waals surface area (Å²) in [5.41, 5.74) is 6.58. The number of pyridine rings is 1. The van der Waals surface area contributed by atoms with Crippen molar-refractivity contribution in [2.75, 3.05) is 13.2 Å². The molecule has 2 heterocycles. The van der Waals surface area contributed by atoms with E-state index in [0.29, 0.717) is 13.2 Å². The van der Waals surface area contributed by atoms with Crippen LogP contribution in [0.3, 0.4) is 0 Å². The van der Waals surface area contributed by atoms with Gasteiger partial charge in [-0.05, 0) is 6.07 Å². The van der Waals surface area contributed by atoms with E-state index in [-0.39, 0.29) is 6.10 Å². The molecule has 1 fully saturated rings. The first-order valence-corrected chi connectivity index (χ1v) is 4.77. The highest BCUT2D eigenvalue weighted by molar-refractivity contribution is 5.29. The predicted octanol–water partition coefficient (Wildman–Crippen LogP) is 0.708. The van der Waals surface area contributed by atoms with Gasteiger partial charge in [0.1, 0.15) is 11.9 Å². The van der Waals surface area contributed by atoms with E-state index in [1.54, 1.807) is 12.4 Å². The molecule has 1 aliphatic heterocycles. The van der Waals surface area contributed by atoms with Crippen LogP contribution in [0.15, 0.2) is 18.5 Å². The molecule has 1 aromatic rings. The standard InChI is InChI=1S/C10H14N2O2/c11-5-8-1-3-12-6-10(8)14-9-2-4-13-7-9/h1,3,6,9H,2,4-5,7,11H2/t9-/m0/s1. The van der Waals surface area contributed by atoms with Crippen LogP contribution in [-0.2, 0) is 11.3 Å². The first kappa shape index (κ1) is 9.43. The van der Waals surface area contributed by atoms with Crippen LogP contribution in [0.2, 0.25) is 0 Å². The lowest BCUT2D eigenvalue weighted by Crippen LogP contribution is -2.17.